The highest BCUT2D eigenvalue weighted by Crippen LogP contribution is 2.31. The van der Waals surface area contributed by atoms with Crippen molar-refractivity contribution in [2.75, 3.05) is 0 Å². The van der Waals surface area contributed by atoms with Crippen LogP contribution in [0.5, 0.6) is 0 Å². The van der Waals surface area contributed by atoms with Crippen LogP contribution in [0.4, 0.5) is 8.78 Å². The predicted molar refractivity (Wildman–Crippen MR) is 79.0 cm³/mol. The Kier molecular flexibility index (Phi) is 4.38. The third-order valence-corrected chi connectivity index (χ3v) is 4.12. The Balaban J connectivity index is 2.52. The Morgan fingerprint density at radius 2 is 1.68 bits per heavy atom. The van der Waals surface area contributed by atoms with Crippen LogP contribution in [0, 0.1) is 18.6 Å². The summed E-state index contributed by atoms with van der Waals surface area (Å²) >= 11 is 6.71. The fraction of sp³-hybridized carbons (Fsp3) is 0.143. The SMILES string of the molecule is Cc1cc(F)c(C(N)c2cc(Br)ccc2Br)cc1F. The lowest BCUT2D eigenvalue weighted by molar-refractivity contribution is 0.570. The lowest BCUT2D eigenvalue weighted by Crippen LogP contribution is -2.15. The molecule has 0 saturated heterocycles. The molecule has 0 aliphatic heterocycles. The van der Waals surface area contributed by atoms with E-state index < -0.39 is 17.7 Å². The van der Waals surface area contributed by atoms with Gasteiger partial charge in [0.2, 0.25) is 0 Å². The van der Waals surface area contributed by atoms with E-state index in [0.29, 0.717) is 5.56 Å². The van der Waals surface area contributed by atoms with Gasteiger partial charge in [-0.15, -0.1) is 0 Å². The maximum Gasteiger partial charge on any atom is 0.128 e. The standard InChI is InChI=1S/C14H11Br2F2N/c1-7-4-13(18)10(6-12(7)17)14(19)9-5-8(15)2-3-11(9)16/h2-6,14H,19H2,1H3. The normalized spacial score (nSPS) is 12.5. The smallest absolute Gasteiger partial charge is 0.128 e. The van der Waals surface area contributed by atoms with Crippen LogP contribution in [-0.4, -0.2) is 0 Å². The molecule has 0 spiro atoms. The first kappa shape index (κ1) is 14.6. The largest absolute Gasteiger partial charge is 0.320 e. The molecule has 5 heteroatoms. The van der Waals surface area contributed by atoms with Crippen LogP contribution in [-0.2, 0) is 0 Å². The molecule has 1 atom stereocenters. The Labute approximate surface area is 127 Å². The number of hydrogen-bond donors (Lipinski definition) is 1. The average molecular weight is 391 g/mol. The zero-order chi connectivity index (χ0) is 14.2. The topological polar surface area (TPSA) is 26.0 Å². The van der Waals surface area contributed by atoms with Crippen LogP contribution in [0.3, 0.4) is 0 Å². The number of aryl methyl sites for hydroxylation is 1. The van der Waals surface area contributed by atoms with Gasteiger partial charge < -0.3 is 5.73 Å². The molecular formula is C14H11Br2F2N. The van der Waals surface area contributed by atoms with E-state index in [4.69, 9.17) is 5.73 Å². The highest BCUT2D eigenvalue weighted by atomic mass is 79.9. The second kappa shape index (κ2) is 5.69. The van der Waals surface area contributed by atoms with Crippen molar-refractivity contribution in [3.05, 3.63) is 67.6 Å². The second-order valence-corrected chi connectivity index (χ2v) is 6.04. The molecule has 0 heterocycles. The molecule has 0 saturated carbocycles. The summed E-state index contributed by atoms with van der Waals surface area (Å²) < 4.78 is 29.1. The maximum absolute atomic E-state index is 13.9. The van der Waals surface area contributed by atoms with Crippen molar-refractivity contribution in [2.24, 2.45) is 5.73 Å². The summed E-state index contributed by atoms with van der Waals surface area (Å²) in [5.74, 6) is -0.962. The number of hydrogen-bond acceptors (Lipinski definition) is 1. The number of halogens is 4. The molecular weight excluding hydrogens is 380 g/mol. The highest BCUT2D eigenvalue weighted by molar-refractivity contribution is 9.11. The predicted octanol–water partition coefficient (Wildman–Crippen LogP) is 4.85. The van der Waals surface area contributed by atoms with Crippen LogP contribution in [0.2, 0.25) is 0 Å². The zero-order valence-corrected chi connectivity index (χ0v) is 13.2. The first-order valence-electron chi connectivity index (χ1n) is 5.56. The van der Waals surface area contributed by atoms with E-state index in [1.807, 2.05) is 12.1 Å². The van der Waals surface area contributed by atoms with Crippen LogP contribution >= 0.6 is 31.9 Å². The van der Waals surface area contributed by atoms with Crippen LogP contribution in [0.25, 0.3) is 0 Å². The van der Waals surface area contributed by atoms with Gasteiger partial charge in [-0.25, -0.2) is 8.78 Å². The third kappa shape index (κ3) is 3.04. The Bertz CT molecular complexity index is 629. The van der Waals surface area contributed by atoms with Crippen molar-refractivity contribution in [3.63, 3.8) is 0 Å². The minimum atomic E-state index is -0.734. The summed E-state index contributed by atoms with van der Waals surface area (Å²) in [5, 5.41) is 0. The van der Waals surface area contributed by atoms with Crippen LogP contribution < -0.4 is 5.73 Å². The summed E-state index contributed by atoms with van der Waals surface area (Å²) in [6, 6.07) is 7.01. The van der Waals surface area contributed by atoms with Gasteiger partial charge in [0, 0.05) is 14.5 Å². The molecule has 0 aliphatic carbocycles. The Morgan fingerprint density at radius 1 is 1.00 bits per heavy atom. The van der Waals surface area contributed by atoms with Crippen molar-refractivity contribution >= 4 is 31.9 Å². The molecule has 100 valence electrons. The molecule has 1 unspecified atom stereocenters. The van der Waals surface area contributed by atoms with E-state index in [9.17, 15) is 8.78 Å². The van der Waals surface area contributed by atoms with E-state index in [2.05, 4.69) is 31.9 Å². The maximum atomic E-state index is 13.9. The molecule has 0 radical (unpaired) electrons. The number of benzene rings is 2. The van der Waals surface area contributed by atoms with Crippen molar-refractivity contribution < 1.29 is 8.78 Å². The highest BCUT2D eigenvalue weighted by Gasteiger charge is 2.18. The van der Waals surface area contributed by atoms with Gasteiger partial charge in [-0.05, 0) is 48.4 Å². The molecule has 1 nitrogen and oxygen atoms in total. The molecule has 2 aromatic rings. The van der Waals surface area contributed by atoms with E-state index in [-0.39, 0.29) is 11.1 Å². The lowest BCUT2D eigenvalue weighted by Gasteiger charge is -2.16. The Hall–Kier alpha value is -0.780. The molecule has 19 heavy (non-hydrogen) atoms. The van der Waals surface area contributed by atoms with Gasteiger partial charge in [-0.1, -0.05) is 31.9 Å². The number of nitrogens with two attached hydrogens (primary N) is 1. The van der Waals surface area contributed by atoms with Gasteiger partial charge in [0.25, 0.3) is 0 Å². The van der Waals surface area contributed by atoms with Gasteiger partial charge >= 0.3 is 0 Å². The summed E-state index contributed by atoms with van der Waals surface area (Å²) in [5.41, 5.74) is 7.15. The monoisotopic (exact) mass is 389 g/mol. The summed E-state index contributed by atoms with van der Waals surface area (Å²) in [7, 11) is 0. The van der Waals surface area contributed by atoms with E-state index in [0.717, 1.165) is 21.1 Å². The molecule has 0 aliphatic rings. The summed E-state index contributed by atoms with van der Waals surface area (Å²) in [4.78, 5) is 0. The molecule has 0 aromatic heterocycles. The molecule has 2 aromatic carbocycles. The minimum Gasteiger partial charge on any atom is -0.320 e. The second-order valence-electron chi connectivity index (χ2n) is 4.27. The fourth-order valence-electron chi connectivity index (χ4n) is 1.82. The summed E-state index contributed by atoms with van der Waals surface area (Å²) in [6.45, 7) is 1.52. The average Bonchev–Trinajstić information content (AvgIpc) is 2.36. The molecule has 0 amide bonds. The van der Waals surface area contributed by atoms with Crippen molar-refractivity contribution in [3.8, 4) is 0 Å². The van der Waals surface area contributed by atoms with Gasteiger partial charge in [0.15, 0.2) is 0 Å². The Morgan fingerprint density at radius 3 is 2.37 bits per heavy atom. The van der Waals surface area contributed by atoms with Crippen LogP contribution in [0.1, 0.15) is 22.7 Å². The van der Waals surface area contributed by atoms with Gasteiger partial charge in [0.1, 0.15) is 11.6 Å². The van der Waals surface area contributed by atoms with Crippen molar-refractivity contribution in [2.45, 2.75) is 13.0 Å². The van der Waals surface area contributed by atoms with Gasteiger partial charge in [-0.3, -0.25) is 0 Å². The lowest BCUT2D eigenvalue weighted by atomic mass is 9.98. The van der Waals surface area contributed by atoms with Crippen molar-refractivity contribution in [1.82, 2.24) is 0 Å². The van der Waals surface area contributed by atoms with E-state index >= 15 is 0 Å². The molecule has 0 fully saturated rings. The third-order valence-electron chi connectivity index (χ3n) is 2.91. The van der Waals surface area contributed by atoms with Gasteiger partial charge in [0.05, 0.1) is 6.04 Å². The summed E-state index contributed by atoms with van der Waals surface area (Å²) in [6.07, 6.45) is 0. The first-order chi connectivity index (χ1) is 8.90. The van der Waals surface area contributed by atoms with Crippen LogP contribution in [0.15, 0.2) is 39.3 Å². The van der Waals surface area contributed by atoms with E-state index in [1.165, 1.54) is 6.92 Å². The molecule has 0 bridgehead atoms. The minimum absolute atomic E-state index is 0.141. The van der Waals surface area contributed by atoms with Gasteiger partial charge in [-0.2, -0.15) is 0 Å². The van der Waals surface area contributed by atoms with E-state index in [1.54, 1.807) is 6.07 Å². The molecule has 2 N–H and O–H groups in total. The molecule has 2 rings (SSSR count). The number of rotatable bonds is 2. The van der Waals surface area contributed by atoms with Crippen molar-refractivity contribution in [1.29, 1.82) is 0 Å². The zero-order valence-electron chi connectivity index (χ0n) is 10.1. The fourth-order valence-corrected chi connectivity index (χ4v) is 2.69. The quantitative estimate of drug-likeness (QED) is 0.779. The first-order valence-corrected chi connectivity index (χ1v) is 7.15.